The monoisotopic (exact) mass is 321 g/mol. The van der Waals surface area contributed by atoms with E-state index >= 15 is 0 Å². The lowest BCUT2D eigenvalue weighted by Gasteiger charge is -2.16. The van der Waals surface area contributed by atoms with Crippen LogP contribution < -0.4 is 0 Å². The van der Waals surface area contributed by atoms with E-state index in [9.17, 15) is 13.2 Å². The molecular weight excluding hydrogens is 314 g/mol. The zero-order valence-corrected chi connectivity index (χ0v) is 11.4. The van der Waals surface area contributed by atoms with Gasteiger partial charge in [-0.3, -0.25) is 4.98 Å². The summed E-state index contributed by atoms with van der Waals surface area (Å²) in [5.41, 5.74) is -1.47. The first-order valence-corrected chi connectivity index (χ1v) is 6.21. The first kappa shape index (κ1) is 15.1. The van der Waals surface area contributed by atoms with Crippen molar-refractivity contribution in [2.45, 2.75) is 12.8 Å². The summed E-state index contributed by atoms with van der Waals surface area (Å²) in [5, 5.41) is 9.46. The summed E-state index contributed by atoms with van der Waals surface area (Å²) in [5.74, 6) is 0. The maximum absolute atomic E-state index is 13.2. The van der Waals surface area contributed by atoms with Crippen molar-refractivity contribution in [3.05, 3.63) is 51.6 Å². The number of hydrogen-bond donors (Lipinski definition) is 1. The van der Waals surface area contributed by atoms with Crippen LogP contribution in [-0.4, -0.2) is 10.1 Å². The van der Waals surface area contributed by atoms with E-state index in [-0.39, 0.29) is 21.8 Å². The van der Waals surface area contributed by atoms with Crippen LogP contribution in [0.4, 0.5) is 13.2 Å². The van der Waals surface area contributed by atoms with Gasteiger partial charge in [0.15, 0.2) is 0 Å². The summed E-state index contributed by atoms with van der Waals surface area (Å²) in [4.78, 5) is 3.76. The quantitative estimate of drug-likeness (QED) is 0.879. The highest BCUT2D eigenvalue weighted by atomic mass is 35.5. The van der Waals surface area contributed by atoms with Crippen molar-refractivity contribution >= 4 is 23.2 Å². The molecule has 1 aromatic heterocycles. The van der Waals surface area contributed by atoms with Gasteiger partial charge >= 0.3 is 6.18 Å². The Morgan fingerprint density at radius 1 is 1.15 bits per heavy atom. The Morgan fingerprint density at radius 2 is 1.85 bits per heavy atom. The van der Waals surface area contributed by atoms with Crippen LogP contribution in [0, 0.1) is 0 Å². The molecule has 1 aromatic carbocycles. The summed E-state index contributed by atoms with van der Waals surface area (Å²) in [6.07, 6.45) is -3.45. The molecule has 0 saturated heterocycles. The van der Waals surface area contributed by atoms with E-state index in [0.717, 1.165) is 6.07 Å². The average molecular weight is 322 g/mol. The second-order valence-corrected chi connectivity index (χ2v) is 4.82. The van der Waals surface area contributed by atoms with Gasteiger partial charge in [0.05, 0.1) is 22.9 Å². The fraction of sp³-hybridized carbons (Fsp3) is 0.154. The predicted octanol–water partition coefficient (Wildman–Crippen LogP) is 4.57. The molecule has 2 nitrogen and oxygen atoms in total. The molecule has 2 aromatic rings. The molecule has 7 heteroatoms. The molecule has 1 N–H and O–H groups in total. The number of pyridine rings is 1. The third-order valence-electron chi connectivity index (χ3n) is 2.68. The summed E-state index contributed by atoms with van der Waals surface area (Å²) >= 11 is 11.7. The Kier molecular flexibility index (Phi) is 4.22. The molecule has 0 unspecified atom stereocenters. The summed E-state index contributed by atoms with van der Waals surface area (Å²) in [6, 6.07) is 5.25. The van der Waals surface area contributed by atoms with Crippen molar-refractivity contribution in [3.63, 3.8) is 0 Å². The molecule has 0 spiro atoms. The Labute approximate surface area is 122 Å². The summed E-state index contributed by atoms with van der Waals surface area (Å²) < 4.78 is 39.5. The van der Waals surface area contributed by atoms with E-state index in [1.54, 1.807) is 0 Å². The van der Waals surface area contributed by atoms with Crippen molar-refractivity contribution < 1.29 is 18.3 Å². The largest absolute Gasteiger partial charge is 0.418 e. The number of rotatable bonds is 2. The first-order valence-electron chi connectivity index (χ1n) is 5.46. The highest BCUT2D eigenvalue weighted by molar-refractivity contribution is 6.36. The van der Waals surface area contributed by atoms with Crippen molar-refractivity contribution in [1.29, 1.82) is 0 Å². The molecular formula is C13H8Cl2F3NO. The molecule has 0 atom stereocenters. The minimum Gasteiger partial charge on any atom is -0.392 e. The van der Waals surface area contributed by atoms with Crippen molar-refractivity contribution in [2.24, 2.45) is 0 Å². The normalized spacial score (nSPS) is 11.7. The lowest BCUT2D eigenvalue weighted by atomic mass is 10.0. The number of alkyl halides is 3. The minimum atomic E-state index is -4.65. The molecule has 0 aliphatic carbocycles. The van der Waals surface area contributed by atoms with E-state index in [4.69, 9.17) is 28.3 Å². The van der Waals surface area contributed by atoms with Gasteiger partial charge in [0, 0.05) is 16.8 Å². The van der Waals surface area contributed by atoms with Gasteiger partial charge in [-0.15, -0.1) is 0 Å². The Morgan fingerprint density at radius 3 is 2.40 bits per heavy atom. The van der Waals surface area contributed by atoms with Crippen LogP contribution in [0.1, 0.15) is 11.1 Å². The topological polar surface area (TPSA) is 33.1 Å². The zero-order chi connectivity index (χ0) is 14.9. The van der Waals surface area contributed by atoms with E-state index in [1.807, 2.05) is 0 Å². The van der Waals surface area contributed by atoms with Crippen LogP contribution >= 0.6 is 23.2 Å². The van der Waals surface area contributed by atoms with E-state index in [1.165, 1.54) is 24.4 Å². The van der Waals surface area contributed by atoms with Gasteiger partial charge in [-0.25, -0.2) is 0 Å². The van der Waals surface area contributed by atoms with Crippen molar-refractivity contribution in [1.82, 2.24) is 4.98 Å². The maximum Gasteiger partial charge on any atom is 0.418 e. The highest BCUT2D eigenvalue weighted by Crippen LogP contribution is 2.40. The Bertz CT molecular complexity index is 644. The maximum atomic E-state index is 13.2. The minimum absolute atomic E-state index is 0.0607. The number of aliphatic hydroxyl groups is 1. The smallest absolute Gasteiger partial charge is 0.392 e. The van der Waals surface area contributed by atoms with Gasteiger partial charge in [-0.2, -0.15) is 13.2 Å². The molecule has 20 heavy (non-hydrogen) atoms. The molecule has 0 aliphatic heterocycles. The second kappa shape index (κ2) is 5.60. The van der Waals surface area contributed by atoms with E-state index < -0.39 is 18.3 Å². The molecule has 0 aliphatic rings. The molecule has 0 saturated carbocycles. The first-order chi connectivity index (χ1) is 9.34. The van der Waals surface area contributed by atoms with Gasteiger partial charge in [0.1, 0.15) is 0 Å². The highest BCUT2D eigenvalue weighted by Gasteiger charge is 2.37. The molecule has 1 heterocycles. The van der Waals surface area contributed by atoms with Gasteiger partial charge in [-0.1, -0.05) is 23.2 Å². The molecule has 106 valence electrons. The fourth-order valence-electron chi connectivity index (χ4n) is 1.84. The van der Waals surface area contributed by atoms with Crippen LogP contribution in [0.3, 0.4) is 0 Å². The fourth-order valence-corrected chi connectivity index (χ4v) is 2.33. The number of halogens is 5. The van der Waals surface area contributed by atoms with Crippen molar-refractivity contribution in [2.75, 3.05) is 0 Å². The van der Waals surface area contributed by atoms with E-state index in [2.05, 4.69) is 4.98 Å². The summed E-state index contributed by atoms with van der Waals surface area (Å²) in [7, 11) is 0. The lowest BCUT2D eigenvalue weighted by Crippen LogP contribution is -2.12. The molecule has 0 amide bonds. The van der Waals surface area contributed by atoms with E-state index in [0.29, 0.717) is 5.02 Å². The molecule has 0 bridgehead atoms. The van der Waals surface area contributed by atoms with Crippen LogP contribution in [0.15, 0.2) is 30.5 Å². The van der Waals surface area contributed by atoms with Crippen LogP contribution in [0.2, 0.25) is 10.0 Å². The van der Waals surface area contributed by atoms with Crippen LogP contribution in [0.5, 0.6) is 0 Å². The number of benzene rings is 1. The van der Waals surface area contributed by atoms with Gasteiger partial charge < -0.3 is 5.11 Å². The van der Waals surface area contributed by atoms with Gasteiger partial charge in [0.25, 0.3) is 0 Å². The van der Waals surface area contributed by atoms with Crippen LogP contribution in [0.25, 0.3) is 11.3 Å². The number of hydrogen-bond acceptors (Lipinski definition) is 2. The van der Waals surface area contributed by atoms with Crippen LogP contribution in [-0.2, 0) is 12.8 Å². The third kappa shape index (κ3) is 2.90. The Hall–Kier alpha value is -1.30. The molecule has 0 fully saturated rings. The number of nitrogens with zero attached hydrogens (tertiary/aromatic N) is 1. The van der Waals surface area contributed by atoms with Gasteiger partial charge in [0.2, 0.25) is 0 Å². The standard InChI is InChI=1S/C13H8Cl2F3NO/c14-8-1-2-9(10(15)5-8)12-11(13(16,17)18)7(6-20)3-4-19-12/h1-5,20H,6H2. The summed E-state index contributed by atoms with van der Waals surface area (Å²) in [6.45, 7) is -0.741. The number of aliphatic hydroxyl groups excluding tert-OH is 1. The molecule has 0 radical (unpaired) electrons. The zero-order valence-electron chi connectivity index (χ0n) is 9.88. The van der Waals surface area contributed by atoms with Crippen molar-refractivity contribution in [3.8, 4) is 11.3 Å². The lowest BCUT2D eigenvalue weighted by molar-refractivity contribution is -0.138. The Balaban J connectivity index is 2.74. The average Bonchev–Trinajstić information content (AvgIpc) is 2.36. The van der Waals surface area contributed by atoms with Gasteiger partial charge in [-0.05, 0) is 29.8 Å². The number of aromatic nitrogens is 1. The third-order valence-corrected chi connectivity index (χ3v) is 3.23. The second-order valence-electron chi connectivity index (χ2n) is 3.97. The molecule has 2 rings (SSSR count). The SMILES string of the molecule is OCc1ccnc(-c2ccc(Cl)cc2Cl)c1C(F)(F)F. The predicted molar refractivity (Wildman–Crippen MR) is 70.6 cm³/mol.